The van der Waals surface area contributed by atoms with E-state index in [-0.39, 0.29) is 19.4 Å². The Balaban J connectivity index is 1.31. The van der Waals surface area contributed by atoms with Crippen LogP contribution >= 0.6 is 15.9 Å². The minimum atomic E-state index is -0.260. The zero-order valence-electron chi connectivity index (χ0n) is 14.0. The molecule has 0 radical (unpaired) electrons. The van der Waals surface area contributed by atoms with Gasteiger partial charge in [0.25, 0.3) is 0 Å². The molecular weight excluding hydrogens is 404 g/mol. The number of fused-ring (bicyclic) bond motifs is 2. The SMILES string of the molecule is O=C(CCc1ccc2c(c1)OCO2)OCc1cc2c(cc1Br)OCCO2. The molecule has 0 N–H and O–H groups in total. The average Bonchev–Trinajstić information content (AvgIpc) is 3.12. The van der Waals surface area contributed by atoms with Gasteiger partial charge in [-0.3, -0.25) is 4.79 Å². The molecule has 136 valence electrons. The van der Waals surface area contributed by atoms with Crippen molar-refractivity contribution < 1.29 is 28.5 Å². The number of hydrogen-bond donors (Lipinski definition) is 0. The van der Waals surface area contributed by atoms with Crippen LogP contribution in [0.4, 0.5) is 0 Å². The Morgan fingerprint density at radius 1 is 0.962 bits per heavy atom. The summed E-state index contributed by atoms with van der Waals surface area (Å²) in [6, 6.07) is 9.36. The lowest BCUT2D eigenvalue weighted by Crippen LogP contribution is -2.15. The third-order valence-electron chi connectivity index (χ3n) is 4.15. The Bertz CT molecular complexity index is 835. The van der Waals surface area contributed by atoms with E-state index < -0.39 is 0 Å². The van der Waals surface area contributed by atoms with Gasteiger partial charge in [0.05, 0.1) is 0 Å². The molecular formula is C19H17BrO6. The van der Waals surface area contributed by atoms with Crippen LogP contribution in [0.15, 0.2) is 34.8 Å². The Morgan fingerprint density at radius 3 is 2.54 bits per heavy atom. The summed E-state index contributed by atoms with van der Waals surface area (Å²) < 4.78 is 27.9. The molecule has 2 aliphatic rings. The van der Waals surface area contributed by atoms with Gasteiger partial charge in [0.1, 0.15) is 19.8 Å². The van der Waals surface area contributed by atoms with E-state index in [1.165, 1.54) is 0 Å². The molecule has 26 heavy (non-hydrogen) atoms. The zero-order valence-corrected chi connectivity index (χ0v) is 15.5. The van der Waals surface area contributed by atoms with Gasteiger partial charge in [0.15, 0.2) is 23.0 Å². The molecule has 0 unspecified atom stereocenters. The molecule has 0 amide bonds. The zero-order chi connectivity index (χ0) is 17.9. The molecule has 6 nitrogen and oxygen atoms in total. The second-order valence-corrected chi connectivity index (χ2v) is 6.79. The number of halogens is 1. The summed E-state index contributed by atoms with van der Waals surface area (Å²) in [5.74, 6) is 2.56. The smallest absolute Gasteiger partial charge is 0.306 e. The molecule has 2 heterocycles. The number of benzene rings is 2. The summed E-state index contributed by atoms with van der Waals surface area (Å²) in [7, 11) is 0. The maximum Gasteiger partial charge on any atom is 0.306 e. The summed E-state index contributed by atoms with van der Waals surface area (Å²) in [6.07, 6.45) is 0.875. The van der Waals surface area contributed by atoms with Gasteiger partial charge in [0, 0.05) is 16.5 Å². The van der Waals surface area contributed by atoms with Gasteiger partial charge in [-0.05, 0) is 36.2 Å². The quantitative estimate of drug-likeness (QED) is 0.688. The predicted octanol–water partition coefficient (Wildman–Crippen LogP) is 3.63. The summed E-state index contributed by atoms with van der Waals surface area (Å²) in [4.78, 5) is 12.1. The molecule has 0 fully saturated rings. The highest BCUT2D eigenvalue weighted by atomic mass is 79.9. The number of carbonyl (C=O) groups excluding carboxylic acids is 1. The van der Waals surface area contributed by atoms with E-state index in [0.29, 0.717) is 37.6 Å². The van der Waals surface area contributed by atoms with Crippen LogP contribution in [0.2, 0.25) is 0 Å². The van der Waals surface area contributed by atoms with Crippen LogP contribution in [0.3, 0.4) is 0 Å². The van der Waals surface area contributed by atoms with Crippen LogP contribution in [0, 0.1) is 0 Å². The molecule has 0 saturated carbocycles. The minimum absolute atomic E-state index is 0.178. The molecule has 2 aromatic carbocycles. The topological polar surface area (TPSA) is 63.2 Å². The van der Waals surface area contributed by atoms with Crippen LogP contribution in [-0.2, 0) is 22.6 Å². The molecule has 2 aromatic rings. The van der Waals surface area contributed by atoms with Gasteiger partial charge in [-0.2, -0.15) is 0 Å². The molecule has 0 saturated heterocycles. The summed E-state index contributed by atoms with van der Waals surface area (Å²) in [6.45, 7) is 1.47. The van der Waals surface area contributed by atoms with Gasteiger partial charge < -0.3 is 23.7 Å². The van der Waals surface area contributed by atoms with Crippen molar-refractivity contribution in [1.82, 2.24) is 0 Å². The van der Waals surface area contributed by atoms with Crippen LogP contribution < -0.4 is 18.9 Å². The maximum absolute atomic E-state index is 12.1. The van der Waals surface area contributed by atoms with Gasteiger partial charge in [-0.25, -0.2) is 0 Å². The van der Waals surface area contributed by atoms with E-state index >= 15 is 0 Å². The first-order chi connectivity index (χ1) is 12.7. The second-order valence-electron chi connectivity index (χ2n) is 5.94. The van der Waals surface area contributed by atoms with E-state index in [1.807, 2.05) is 30.3 Å². The largest absolute Gasteiger partial charge is 0.486 e. The number of ether oxygens (including phenoxy) is 5. The van der Waals surface area contributed by atoms with Crippen LogP contribution in [0.25, 0.3) is 0 Å². The highest BCUT2D eigenvalue weighted by Gasteiger charge is 2.17. The molecule has 2 aliphatic heterocycles. The van der Waals surface area contributed by atoms with Crippen molar-refractivity contribution in [2.75, 3.05) is 20.0 Å². The number of hydrogen-bond acceptors (Lipinski definition) is 6. The number of esters is 1. The molecule has 0 atom stereocenters. The van der Waals surface area contributed by atoms with Gasteiger partial charge in [-0.15, -0.1) is 0 Å². The summed E-state index contributed by atoms with van der Waals surface area (Å²) in [5, 5.41) is 0. The van der Waals surface area contributed by atoms with Crippen molar-refractivity contribution >= 4 is 21.9 Å². The van der Waals surface area contributed by atoms with E-state index in [0.717, 1.165) is 27.1 Å². The fraction of sp³-hybridized carbons (Fsp3) is 0.316. The van der Waals surface area contributed by atoms with Crippen molar-refractivity contribution in [1.29, 1.82) is 0 Å². The average molecular weight is 421 g/mol. The van der Waals surface area contributed by atoms with E-state index in [2.05, 4.69) is 15.9 Å². The van der Waals surface area contributed by atoms with Crippen molar-refractivity contribution in [3.05, 3.63) is 45.9 Å². The maximum atomic E-state index is 12.1. The first-order valence-corrected chi connectivity index (χ1v) is 9.10. The fourth-order valence-corrected chi connectivity index (χ4v) is 3.23. The van der Waals surface area contributed by atoms with E-state index in [9.17, 15) is 4.79 Å². The molecule has 0 bridgehead atoms. The normalized spacial score (nSPS) is 14.2. The summed E-state index contributed by atoms with van der Waals surface area (Å²) >= 11 is 3.48. The lowest BCUT2D eigenvalue weighted by atomic mass is 10.1. The number of aryl methyl sites for hydroxylation is 1. The lowest BCUT2D eigenvalue weighted by Gasteiger charge is -2.19. The lowest BCUT2D eigenvalue weighted by molar-refractivity contribution is -0.144. The van der Waals surface area contributed by atoms with E-state index in [1.54, 1.807) is 0 Å². The first kappa shape index (κ1) is 17.0. The van der Waals surface area contributed by atoms with Crippen LogP contribution in [-0.4, -0.2) is 26.0 Å². The third kappa shape index (κ3) is 3.72. The highest BCUT2D eigenvalue weighted by molar-refractivity contribution is 9.10. The van der Waals surface area contributed by atoms with Crippen molar-refractivity contribution in [3.8, 4) is 23.0 Å². The Labute approximate surface area is 159 Å². The van der Waals surface area contributed by atoms with Crippen LogP contribution in [0.5, 0.6) is 23.0 Å². The van der Waals surface area contributed by atoms with Crippen LogP contribution in [0.1, 0.15) is 17.5 Å². The monoisotopic (exact) mass is 420 g/mol. The van der Waals surface area contributed by atoms with Gasteiger partial charge >= 0.3 is 5.97 Å². The first-order valence-electron chi connectivity index (χ1n) is 8.31. The fourth-order valence-electron chi connectivity index (χ4n) is 2.79. The summed E-state index contributed by atoms with van der Waals surface area (Å²) in [5.41, 5.74) is 1.84. The molecule has 0 aromatic heterocycles. The molecule has 4 rings (SSSR count). The third-order valence-corrected chi connectivity index (χ3v) is 4.89. The Morgan fingerprint density at radius 2 is 1.69 bits per heavy atom. The molecule has 0 spiro atoms. The van der Waals surface area contributed by atoms with Crippen molar-refractivity contribution in [3.63, 3.8) is 0 Å². The van der Waals surface area contributed by atoms with Gasteiger partial charge in [-0.1, -0.05) is 22.0 Å². The highest BCUT2D eigenvalue weighted by Crippen LogP contribution is 2.36. The van der Waals surface area contributed by atoms with Gasteiger partial charge in [0.2, 0.25) is 6.79 Å². The predicted molar refractivity (Wildman–Crippen MR) is 95.8 cm³/mol. The van der Waals surface area contributed by atoms with Crippen molar-refractivity contribution in [2.24, 2.45) is 0 Å². The molecule has 7 heteroatoms. The van der Waals surface area contributed by atoms with E-state index in [4.69, 9.17) is 23.7 Å². The Kier molecular flexibility index (Phi) is 4.88. The van der Waals surface area contributed by atoms with Crippen molar-refractivity contribution in [2.45, 2.75) is 19.4 Å². The minimum Gasteiger partial charge on any atom is -0.486 e. The number of carbonyl (C=O) groups is 1. The molecule has 0 aliphatic carbocycles. The number of rotatable bonds is 5. The standard InChI is InChI=1S/C19H17BrO6/c20-14-9-18-17(22-5-6-23-18)8-13(14)10-24-19(21)4-2-12-1-3-15-16(7-12)26-11-25-15/h1,3,7-9H,2,4-6,10-11H2. The second kappa shape index (κ2) is 7.45. The Hall–Kier alpha value is -2.41.